The first-order chi connectivity index (χ1) is 9.08. The summed E-state index contributed by atoms with van der Waals surface area (Å²) in [5.74, 6) is -0.104. The van der Waals surface area contributed by atoms with Gasteiger partial charge in [0.05, 0.1) is 12.1 Å². The third-order valence-electron chi connectivity index (χ3n) is 2.56. The minimum Gasteiger partial charge on any atom is -0.365 e. The van der Waals surface area contributed by atoms with E-state index in [4.69, 9.17) is 11.6 Å². The van der Waals surface area contributed by atoms with E-state index in [0.717, 1.165) is 16.4 Å². The summed E-state index contributed by atoms with van der Waals surface area (Å²) in [5.41, 5.74) is 2.44. The van der Waals surface area contributed by atoms with E-state index in [1.165, 1.54) is 11.3 Å². The Hall–Kier alpha value is -1.59. The van der Waals surface area contributed by atoms with Crippen LogP contribution in [-0.4, -0.2) is 17.9 Å². The van der Waals surface area contributed by atoms with E-state index in [0.29, 0.717) is 10.7 Å². The van der Waals surface area contributed by atoms with Crippen LogP contribution in [0.1, 0.15) is 11.3 Å². The molecule has 100 valence electrons. The normalized spacial score (nSPS) is 10.3. The molecule has 1 heterocycles. The lowest BCUT2D eigenvalue weighted by Crippen LogP contribution is -2.14. The number of amides is 1. The standard InChI is InChI=1S/C13H14ClN3OS/c1-8-3-4-9(5-11(8)14)16-12(18)6-10-7-19-13(15-2)17-10/h3-5,7H,6H2,1-2H3,(H,15,17)(H,16,18). The van der Waals surface area contributed by atoms with E-state index in [9.17, 15) is 4.79 Å². The molecule has 0 radical (unpaired) electrons. The Balaban J connectivity index is 1.98. The first-order valence-electron chi connectivity index (χ1n) is 5.76. The molecule has 0 aliphatic rings. The van der Waals surface area contributed by atoms with Crippen LogP contribution in [0.4, 0.5) is 10.8 Å². The van der Waals surface area contributed by atoms with Crippen LogP contribution < -0.4 is 10.6 Å². The van der Waals surface area contributed by atoms with Gasteiger partial charge < -0.3 is 10.6 Å². The molecule has 1 amide bonds. The summed E-state index contributed by atoms with van der Waals surface area (Å²) >= 11 is 7.49. The minimum absolute atomic E-state index is 0.104. The van der Waals surface area contributed by atoms with Crippen molar-refractivity contribution in [1.29, 1.82) is 0 Å². The Bertz CT molecular complexity index is 597. The molecule has 0 aliphatic heterocycles. The van der Waals surface area contributed by atoms with E-state index in [-0.39, 0.29) is 12.3 Å². The van der Waals surface area contributed by atoms with Crippen LogP contribution in [0, 0.1) is 6.92 Å². The lowest BCUT2D eigenvalue weighted by atomic mass is 10.2. The summed E-state index contributed by atoms with van der Waals surface area (Å²) in [6.45, 7) is 1.92. The number of anilines is 2. The van der Waals surface area contributed by atoms with Gasteiger partial charge >= 0.3 is 0 Å². The van der Waals surface area contributed by atoms with Gasteiger partial charge in [-0.05, 0) is 24.6 Å². The molecule has 4 nitrogen and oxygen atoms in total. The first kappa shape index (κ1) is 13.8. The number of nitrogens with one attached hydrogen (secondary N) is 2. The van der Waals surface area contributed by atoms with E-state index in [1.807, 2.05) is 24.4 Å². The van der Waals surface area contributed by atoms with Crippen molar-refractivity contribution in [3.8, 4) is 0 Å². The lowest BCUT2D eigenvalue weighted by Gasteiger charge is -2.05. The van der Waals surface area contributed by atoms with Crippen LogP contribution in [0.15, 0.2) is 23.6 Å². The molecule has 2 aromatic rings. The molecule has 1 aromatic heterocycles. The van der Waals surface area contributed by atoms with Crippen LogP contribution in [0.2, 0.25) is 5.02 Å². The van der Waals surface area contributed by atoms with Gasteiger partial charge in [0.25, 0.3) is 0 Å². The second-order valence-electron chi connectivity index (χ2n) is 4.08. The molecule has 0 unspecified atom stereocenters. The summed E-state index contributed by atoms with van der Waals surface area (Å²) < 4.78 is 0. The predicted molar refractivity (Wildman–Crippen MR) is 80.2 cm³/mol. The fourth-order valence-corrected chi connectivity index (χ4v) is 2.40. The Morgan fingerprint density at radius 2 is 2.26 bits per heavy atom. The van der Waals surface area contributed by atoms with Crippen LogP contribution in [0.25, 0.3) is 0 Å². The highest BCUT2D eigenvalue weighted by Crippen LogP contribution is 2.20. The number of rotatable bonds is 4. The summed E-state index contributed by atoms with van der Waals surface area (Å²) in [6.07, 6.45) is 0.254. The quantitative estimate of drug-likeness (QED) is 0.910. The Morgan fingerprint density at radius 3 is 2.89 bits per heavy atom. The summed E-state index contributed by atoms with van der Waals surface area (Å²) in [5, 5.41) is 9.07. The molecule has 0 saturated carbocycles. The van der Waals surface area contributed by atoms with Crippen LogP contribution in [0.5, 0.6) is 0 Å². The zero-order valence-corrected chi connectivity index (χ0v) is 12.2. The van der Waals surface area contributed by atoms with Gasteiger partial charge in [0.2, 0.25) is 5.91 Å². The molecule has 19 heavy (non-hydrogen) atoms. The highest BCUT2D eigenvalue weighted by molar-refractivity contribution is 7.13. The average molecular weight is 296 g/mol. The number of benzene rings is 1. The summed E-state index contributed by atoms with van der Waals surface area (Å²) in [6, 6.07) is 5.45. The van der Waals surface area contributed by atoms with Crippen molar-refractivity contribution < 1.29 is 4.79 Å². The van der Waals surface area contributed by atoms with Crippen molar-refractivity contribution in [2.75, 3.05) is 17.7 Å². The van der Waals surface area contributed by atoms with Gasteiger partial charge in [-0.25, -0.2) is 4.98 Å². The van der Waals surface area contributed by atoms with Gasteiger partial charge in [-0.1, -0.05) is 17.7 Å². The number of halogens is 1. The van der Waals surface area contributed by atoms with E-state index in [1.54, 1.807) is 13.1 Å². The highest BCUT2D eigenvalue weighted by atomic mass is 35.5. The van der Waals surface area contributed by atoms with Crippen molar-refractivity contribution in [2.45, 2.75) is 13.3 Å². The van der Waals surface area contributed by atoms with Crippen molar-refractivity contribution in [3.05, 3.63) is 39.9 Å². The topological polar surface area (TPSA) is 54.0 Å². The average Bonchev–Trinajstić information content (AvgIpc) is 2.81. The van der Waals surface area contributed by atoms with E-state index < -0.39 is 0 Å². The largest absolute Gasteiger partial charge is 0.365 e. The molecular weight excluding hydrogens is 282 g/mol. The molecule has 2 rings (SSSR count). The van der Waals surface area contributed by atoms with Gasteiger partial charge in [-0.2, -0.15) is 0 Å². The number of carbonyl (C=O) groups is 1. The third-order valence-corrected chi connectivity index (χ3v) is 3.88. The Morgan fingerprint density at radius 1 is 1.47 bits per heavy atom. The monoisotopic (exact) mass is 295 g/mol. The zero-order chi connectivity index (χ0) is 13.8. The maximum Gasteiger partial charge on any atom is 0.230 e. The van der Waals surface area contributed by atoms with Gasteiger partial charge in [-0.3, -0.25) is 4.79 Å². The Kier molecular flexibility index (Phi) is 4.39. The summed E-state index contributed by atoms with van der Waals surface area (Å²) in [4.78, 5) is 16.1. The second kappa shape index (κ2) is 6.04. The molecule has 0 spiro atoms. The fourth-order valence-electron chi connectivity index (χ4n) is 1.54. The highest BCUT2D eigenvalue weighted by Gasteiger charge is 2.08. The molecule has 6 heteroatoms. The van der Waals surface area contributed by atoms with Crippen molar-refractivity contribution in [2.24, 2.45) is 0 Å². The molecule has 2 N–H and O–H groups in total. The molecule has 0 bridgehead atoms. The molecule has 0 aliphatic carbocycles. The number of thiazole rings is 1. The number of aryl methyl sites for hydroxylation is 1. The summed E-state index contributed by atoms with van der Waals surface area (Å²) in [7, 11) is 1.80. The zero-order valence-electron chi connectivity index (χ0n) is 10.7. The van der Waals surface area contributed by atoms with Crippen LogP contribution >= 0.6 is 22.9 Å². The van der Waals surface area contributed by atoms with Crippen LogP contribution in [-0.2, 0) is 11.2 Å². The van der Waals surface area contributed by atoms with Crippen molar-refractivity contribution in [3.63, 3.8) is 0 Å². The molecule has 1 aromatic carbocycles. The Labute approximate surface area is 120 Å². The maximum absolute atomic E-state index is 11.9. The minimum atomic E-state index is -0.104. The molecular formula is C13H14ClN3OS. The smallest absolute Gasteiger partial charge is 0.230 e. The van der Waals surface area contributed by atoms with Crippen molar-refractivity contribution >= 4 is 39.7 Å². The molecule has 0 saturated heterocycles. The van der Waals surface area contributed by atoms with E-state index >= 15 is 0 Å². The third kappa shape index (κ3) is 3.68. The van der Waals surface area contributed by atoms with Crippen molar-refractivity contribution in [1.82, 2.24) is 4.98 Å². The number of carbonyl (C=O) groups excluding carboxylic acids is 1. The molecule has 0 fully saturated rings. The second-order valence-corrected chi connectivity index (χ2v) is 5.35. The van der Waals surface area contributed by atoms with Gasteiger partial charge in [-0.15, -0.1) is 11.3 Å². The van der Waals surface area contributed by atoms with Crippen LogP contribution in [0.3, 0.4) is 0 Å². The lowest BCUT2D eigenvalue weighted by molar-refractivity contribution is -0.115. The number of aromatic nitrogens is 1. The van der Waals surface area contributed by atoms with Gasteiger partial charge in [0.1, 0.15) is 0 Å². The van der Waals surface area contributed by atoms with E-state index in [2.05, 4.69) is 15.6 Å². The van der Waals surface area contributed by atoms with Gasteiger partial charge in [0.15, 0.2) is 5.13 Å². The fraction of sp³-hybridized carbons (Fsp3) is 0.231. The number of hydrogen-bond donors (Lipinski definition) is 2. The maximum atomic E-state index is 11.9. The van der Waals surface area contributed by atoms with Gasteiger partial charge in [0, 0.05) is 23.1 Å². The molecule has 0 atom stereocenters. The number of nitrogens with zero attached hydrogens (tertiary/aromatic N) is 1. The predicted octanol–water partition coefficient (Wildman–Crippen LogP) is 3.33. The number of hydrogen-bond acceptors (Lipinski definition) is 4. The first-order valence-corrected chi connectivity index (χ1v) is 7.02. The SMILES string of the molecule is CNc1nc(CC(=O)Nc2ccc(C)c(Cl)c2)cs1.